The average molecular weight is 233 g/mol. The number of imidazole rings is 1. The molecule has 0 aliphatic carbocycles. The lowest BCUT2D eigenvalue weighted by Crippen LogP contribution is -2.18. The Morgan fingerprint density at radius 2 is 2.12 bits per heavy atom. The Balaban J connectivity index is 2.08. The molecule has 5 nitrogen and oxygen atoms in total. The van der Waals surface area contributed by atoms with Crippen LogP contribution in [0.5, 0.6) is 0 Å². The Hall–Kier alpha value is -1.62. The van der Waals surface area contributed by atoms with E-state index in [1.54, 1.807) is 6.20 Å². The number of aryl methyl sites for hydroxylation is 1. The third-order valence-electron chi connectivity index (χ3n) is 2.81. The van der Waals surface area contributed by atoms with E-state index >= 15 is 0 Å². The number of hydrogen-bond donors (Lipinski definition) is 1. The normalized spacial score (nSPS) is 13.2. The van der Waals surface area contributed by atoms with E-state index in [4.69, 9.17) is 5.73 Å². The predicted octanol–water partition coefficient (Wildman–Crippen LogP) is 1.44. The third-order valence-corrected chi connectivity index (χ3v) is 2.81. The van der Waals surface area contributed by atoms with Crippen LogP contribution in [0.4, 0.5) is 0 Å². The van der Waals surface area contributed by atoms with Crippen LogP contribution < -0.4 is 5.73 Å². The molecule has 2 heterocycles. The smallest absolute Gasteiger partial charge is 0.125 e. The van der Waals surface area contributed by atoms with Gasteiger partial charge in [0.15, 0.2) is 0 Å². The van der Waals surface area contributed by atoms with E-state index < -0.39 is 0 Å². The monoisotopic (exact) mass is 233 g/mol. The van der Waals surface area contributed by atoms with Gasteiger partial charge in [0.1, 0.15) is 5.82 Å². The summed E-state index contributed by atoms with van der Waals surface area (Å²) in [6.07, 6.45) is 6.37. The first kappa shape index (κ1) is 11.9. The van der Waals surface area contributed by atoms with Crippen LogP contribution in [-0.2, 0) is 13.5 Å². The van der Waals surface area contributed by atoms with Crippen molar-refractivity contribution < 1.29 is 0 Å². The highest BCUT2D eigenvalue weighted by atomic mass is 15.3. The number of nitrogens with zero attached hydrogens (tertiary/aromatic N) is 4. The summed E-state index contributed by atoms with van der Waals surface area (Å²) in [5.41, 5.74) is 7.13. The van der Waals surface area contributed by atoms with Gasteiger partial charge in [-0.05, 0) is 19.9 Å². The number of aromatic nitrogens is 4. The van der Waals surface area contributed by atoms with Crippen molar-refractivity contribution >= 4 is 0 Å². The van der Waals surface area contributed by atoms with Gasteiger partial charge in [0.05, 0.1) is 11.7 Å². The van der Waals surface area contributed by atoms with Crippen molar-refractivity contribution in [1.82, 2.24) is 19.3 Å². The molecule has 0 saturated heterocycles. The van der Waals surface area contributed by atoms with Gasteiger partial charge in [0.25, 0.3) is 0 Å². The van der Waals surface area contributed by atoms with Crippen LogP contribution in [0.3, 0.4) is 0 Å². The van der Waals surface area contributed by atoms with Crippen LogP contribution >= 0.6 is 0 Å². The van der Waals surface area contributed by atoms with Crippen LogP contribution in [0.15, 0.2) is 24.7 Å². The molecule has 0 aromatic carbocycles. The predicted molar refractivity (Wildman–Crippen MR) is 66.5 cm³/mol. The molecule has 1 atom stereocenters. The SMILES string of the molecule is CC(C)n1ccc(CC(N)c2nccn2C)n1. The molecule has 2 aromatic heterocycles. The highest BCUT2D eigenvalue weighted by Gasteiger charge is 2.13. The zero-order valence-electron chi connectivity index (χ0n) is 10.5. The maximum atomic E-state index is 6.13. The maximum absolute atomic E-state index is 6.13. The summed E-state index contributed by atoms with van der Waals surface area (Å²) in [4.78, 5) is 4.26. The van der Waals surface area contributed by atoms with Crippen molar-refractivity contribution in [3.63, 3.8) is 0 Å². The van der Waals surface area contributed by atoms with E-state index in [1.165, 1.54) is 0 Å². The highest BCUT2D eigenvalue weighted by molar-refractivity contribution is 5.07. The van der Waals surface area contributed by atoms with Gasteiger partial charge in [-0.1, -0.05) is 0 Å². The molecule has 2 aromatic rings. The van der Waals surface area contributed by atoms with Gasteiger partial charge >= 0.3 is 0 Å². The van der Waals surface area contributed by atoms with Crippen LogP contribution in [0.2, 0.25) is 0 Å². The summed E-state index contributed by atoms with van der Waals surface area (Å²) in [5, 5.41) is 4.49. The molecule has 92 valence electrons. The lowest BCUT2D eigenvalue weighted by Gasteiger charge is -2.10. The van der Waals surface area contributed by atoms with E-state index in [0.29, 0.717) is 12.5 Å². The quantitative estimate of drug-likeness (QED) is 0.869. The molecule has 0 amide bonds. The molecule has 0 saturated carbocycles. The second-order valence-electron chi connectivity index (χ2n) is 4.59. The minimum absolute atomic E-state index is 0.106. The minimum atomic E-state index is -0.106. The summed E-state index contributed by atoms with van der Waals surface area (Å²) in [5.74, 6) is 0.893. The maximum Gasteiger partial charge on any atom is 0.125 e. The van der Waals surface area contributed by atoms with Gasteiger partial charge < -0.3 is 10.3 Å². The van der Waals surface area contributed by atoms with Crippen molar-refractivity contribution in [2.75, 3.05) is 0 Å². The number of nitrogens with two attached hydrogens (primary N) is 1. The van der Waals surface area contributed by atoms with Crippen molar-refractivity contribution in [2.45, 2.75) is 32.4 Å². The van der Waals surface area contributed by atoms with E-state index in [2.05, 4.69) is 23.9 Å². The summed E-state index contributed by atoms with van der Waals surface area (Å²) >= 11 is 0. The third kappa shape index (κ3) is 2.55. The van der Waals surface area contributed by atoms with Gasteiger partial charge in [-0.2, -0.15) is 5.10 Å². The van der Waals surface area contributed by atoms with Gasteiger partial charge in [-0.15, -0.1) is 0 Å². The molecule has 1 unspecified atom stereocenters. The first-order chi connectivity index (χ1) is 8.08. The summed E-state index contributed by atoms with van der Waals surface area (Å²) in [7, 11) is 1.95. The van der Waals surface area contributed by atoms with E-state index in [1.807, 2.05) is 34.8 Å². The molecule has 0 bridgehead atoms. The molecular weight excluding hydrogens is 214 g/mol. The minimum Gasteiger partial charge on any atom is -0.337 e. The van der Waals surface area contributed by atoms with Crippen molar-refractivity contribution in [2.24, 2.45) is 12.8 Å². The lowest BCUT2D eigenvalue weighted by molar-refractivity contribution is 0.520. The second kappa shape index (κ2) is 4.71. The molecule has 0 fully saturated rings. The van der Waals surface area contributed by atoms with Crippen LogP contribution in [-0.4, -0.2) is 19.3 Å². The first-order valence-corrected chi connectivity index (χ1v) is 5.84. The summed E-state index contributed by atoms with van der Waals surface area (Å²) in [6.45, 7) is 4.21. The number of rotatable bonds is 4. The first-order valence-electron chi connectivity index (χ1n) is 5.84. The molecule has 0 radical (unpaired) electrons. The fraction of sp³-hybridized carbons (Fsp3) is 0.500. The van der Waals surface area contributed by atoms with Crippen LogP contribution in [0.1, 0.15) is 37.4 Å². The van der Waals surface area contributed by atoms with E-state index in [-0.39, 0.29) is 6.04 Å². The van der Waals surface area contributed by atoms with Gasteiger partial charge in [0.2, 0.25) is 0 Å². The van der Waals surface area contributed by atoms with Gasteiger partial charge in [-0.3, -0.25) is 4.68 Å². The second-order valence-corrected chi connectivity index (χ2v) is 4.59. The van der Waals surface area contributed by atoms with Crippen LogP contribution in [0.25, 0.3) is 0 Å². The summed E-state index contributed by atoms with van der Waals surface area (Å²) < 4.78 is 3.89. The molecule has 5 heteroatoms. The molecule has 0 aliphatic rings. The largest absolute Gasteiger partial charge is 0.337 e. The lowest BCUT2D eigenvalue weighted by atomic mass is 10.1. The fourth-order valence-corrected chi connectivity index (χ4v) is 1.82. The summed E-state index contributed by atoms with van der Waals surface area (Å²) in [6, 6.07) is 2.29. The highest BCUT2D eigenvalue weighted by Crippen LogP contribution is 2.13. The Morgan fingerprint density at radius 3 is 2.65 bits per heavy atom. The standard InChI is InChI=1S/C12H19N5/c1-9(2)17-6-4-10(15-17)8-11(13)12-14-5-7-16(12)3/h4-7,9,11H,8,13H2,1-3H3. The van der Waals surface area contributed by atoms with Gasteiger partial charge in [-0.25, -0.2) is 4.98 Å². The van der Waals surface area contributed by atoms with Crippen molar-refractivity contribution in [3.8, 4) is 0 Å². The Labute approximate surface area is 101 Å². The zero-order valence-corrected chi connectivity index (χ0v) is 10.5. The molecule has 2 N–H and O–H groups in total. The Bertz CT molecular complexity index is 483. The van der Waals surface area contributed by atoms with E-state index in [9.17, 15) is 0 Å². The van der Waals surface area contributed by atoms with Crippen LogP contribution in [0, 0.1) is 0 Å². The molecule has 2 rings (SSSR count). The molecular formula is C12H19N5. The van der Waals surface area contributed by atoms with Gasteiger partial charge in [0, 0.05) is 38.1 Å². The van der Waals surface area contributed by atoms with Crippen molar-refractivity contribution in [3.05, 3.63) is 36.2 Å². The molecule has 0 aliphatic heterocycles. The average Bonchev–Trinajstić information content (AvgIpc) is 2.86. The zero-order chi connectivity index (χ0) is 12.4. The number of hydrogen-bond acceptors (Lipinski definition) is 3. The Kier molecular flexibility index (Phi) is 3.28. The molecule has 0 spiro atoms. The van der Waals surface area contributed by atoms with E-state index in [0.717, 1.165) is 11.5 Å². The Morgan fingerprint density at radius 1 is 1.35 bits per heavy atom. The molecule has 17 heavy (non-hydrogen) atoms. The van der Waals surface area contributed by atoms with Crippen molar-refractivity contribution in [1.29, 1.82) is 0 Å². The fourth-order valence-electron chi connectivity index (χ4n) is 1.82. The topological polar surface area (TPSA) is 61.7 Å².